The highest BCUT2D eigenvalue weighted by Crippen LogP contribution is 1.97. The van der Waals surface area contributed by atoms with Gasteiger partial charge in [-0.3, -0.25) is 0 Å². The average Bonchev–Trinajstić information content (AvgIpc) is 2.90. The van der Waals surface area contributed by atoms with Gasteiger partial charge in [0.1, 0.15) is 0 Å². The first-order valence-electron chi connectivity index (χ1n) is 13.3. The fraction of sp³-hybridized carbons (Fsp3) is 1.00. The van der Waals surface area contributed by atoms with Gasteiger partial charge in [-0.15, -0.1) is 0 Å². The summed E-state index contributed by atoms with van der Waals surface area (Å²) in [5.41, 5.74) is 0. The van der Waals surface area contributed by atoms with E-state index in [9.17, 15) is 0 Å². The molecule has 37 heavy (non-hydrogen) atoms. The Labute approximate surface area is 225 Å². The molecule has 0 atom stereocenters. The molecular weight excluding hydrogens is 488 g/mol. The summed E-state index contributed by atoms with van der Waals surface area (Å²) in [4.78, 5) is 0. The molecule has 0 aliphatic carbocycles. The van der Waals surface area contributed by atoms with E-state index in [4.69, 9.17) is 52.1 Å². The molecule has 0 saturated heterocycles. The molecule has 11 heteroatoms. The van der Waals surface area contributed by atoms with E-state index in [1.165, 1.54) is 0 Å². The molecule has 0 aliphatic rings. The largest absolute Gasteiger partial charge is 0.382 e. The molecule has 0 unspecified atom stereocenters. The van der Waals surface area contributed by atoms with Crippen molar-refractivity contribution in [2.75, 3.05) is 147 Å². The van der Waals surface area contributed by atoms with Gasteiger partial charge in [0.15, 0.2) is 0 Å². The molecule has 0 aromatic carbocycles. The van der Waals surface area contributed by atoms with Gasteiger partial charge in [0, 0.05) is 33.9 Å². The maximum Gasteiger partial charge on any atom is 0.0701 e. The van der Waals surface area contributed by atoms with Gasteiger partial charge in [0.25, 0.3) is 0 Å². The number of hydrogen-bond donors (Lipinski definition) is 0. The van der Waals surface area contributed by atoms with Gasteiger partial charge in [-0.1, -0.05) is 13.8 Å². The first-order chi connectivity index (χ1) is 18.2. The van der Waals surface area contributed by atoms with Gasteiger partial charge >= 0.3 is 0 Å². The SMILES string of the molecule is CCCOCCOCCOC.COCCOCCOCCOCC(C)COCCOCCOCCOC. The van der Waals surface area contributed by atoms with Crippen LogP contribution in [-0.2, 0) is 52.1 Å². The van der Waals surface area contributed by atoms with Crippen molar-refractivity contribution in [3.63, 3.8) is 0 Å². The second-order valence-corrected chi connectivity index (χ2v) is 7.91. The maximum atomic E-state index is 5.56. The van der Waals surface area contributed by atoms with Crippen molar-refractivity contribution in [1.82, 2.24) is 0 Å². The van der Waals surface area contributed by atoms with E-state index in [0.717, 1.165) is 13.0 Å². The van der Waals surface area contributed by atoms with Crippen molar-refractivity contribution in [3.8, 4) is 0 Å². The quantitative estimate of drug-likeness (QED) is 0.124. The third kappa shape index (κ3) is 40.2. The van der Waals surface area contributed by atoms with Crippen LogP contribution >= 0.6 is 0 Å². The van der Waals surface area contributed by atoms with Crippen molar-refractivity contribution in [2.45, 2.75) is 20.3 Å². The summed E-state index contributed by atoms with van der Waals surface area (Å²) in [5, 5.41) is 0. The highest BCUT2D eigenvalue weighted by Gasteiger charge is 2.02. The van der Waals surface area contributed by atoms with Crippen LogP contribution in [0, 0.1) is 5.92 Å². The molecule has 0 heterocycles. The molecule has 0 fully saturated rings. The van der Waals surface area contributed by atoms with Gasteiger partial charge in [-0.2, -0.15) is 0 Å². The molecule has 0 bridgehead atoms. The molecule has 0 aromatic heterocycles. The summed E-state index contributed by atoms with van der Waals surface area (Å²) >= 11 is 0. The molecule has 0 amide bonds. The topological polar surface area (TPSA) is 102 Å². The highest BCUT2D eigenvalue weighted by atomic mass is 16.6. The summed E-state index contributed by atoms with van der Waals surface area (Å²) in [6.45, 7) is 16.0. The van der Waals surface area contributed by atoms with E-state index >= 15 is 0 Å². The minimum Gasteiger partial charge on any atom is -0.382 e. The Morgan fingerprint density at radius 2 is 0.595 bits per heavy atom. The summed E-state index contributed by atoms with van der Waals surface area (Å²) < 4.78 is 57.4. The van der Waals surface area contributed by atoms with Crippen molar-refractivity contribution >= 4 is 0 Å². The fourth-order valence-corrected chi connectivity index (χ4v) is 2.39. The van der Waals surface area contributed by atoms with Crippen LogP contribution in [0.25, 0.3) is 0 Å². The minimum atomic E-state index is 0.338. The molecule has 11 nitrogen and oxygen atoms in total. The highest BCUT2D eigenvalue weighted by molar-refractivity contribution is 4.49. The van der Waals surface area contributed by atoms with Crippen LogP contribution in [0.5, 0.6) is 0 Å². The van der Waals surface area contributed by atoms with Gasteiger partial charge in [0.05, 0.1) is 119 Å². The van der Waals surface area contributed by atoms with Crippen LogP contribution in [0.1, 0.15) is 20.3 Å². The Hall–Kier alpha value is -0.440. The van der Waals surface area contributed by atoms with E-state index in [0.29, 0.717) is 125 Å². The maximum absolute atomic E-state index is 5.56. The van der Waals surface area contributed by atoms with Gasteiger partial charge in [0.2, 0.25) is 0 Å². The predicted octanol–water partition coefficient (Wildman–Crippen LogP) is 2.09. The van der Waals surface area contributed by atoms with Crippen LogP contribution in [-0.4, -0.2) is 147 Å². The third-order valence-corrected chi connectivity index (χ3v) is 4.31. The summed E-state index contributed by atoms with van der Waals surface area (Å²) in [6, 6.07) is 0. The van der Waals surface area contributed by atoms with E-state index in [-0.39, 0.29) is 0 Å². The van der Waals surface area contributed by atoms with Crippen LogP contribution in [0.4, 0.5) is 0 Å². The van der Waals surface area contributed by atoms with Crippen molar-refractivity contribution < 1.29 is 52.1 Å². The van der Waals surface area contributed by atoms with Crippen LogP contribution in [0.2, 0.25) is 0 Å². The molecule has 226 valence electrons. The third-order valence-electron chi connectivity index (χ3n) is 4.31. The van der Waals surface area contributed by atoms with Crippen molar-refractivity contribution in [1.29, 1.82) is 0 Å². The first-order valence-corrected chi connectivity index (χ1v) is 13.3. The number of methoxy groups -OCH3 is 3. The van der Waals surface area contributed by atoms with E-state index < -0.39 is 0 Å². The molecule has 0 spiro atoms. The van der Waals surface area contributed by atoms with Crippen LogP contribution < -0.4 is 0 Å². The van der Waals surface area contributed by atoms with Gasteiger partial charge in [-0.25, -0.2) is 0 Å². The van der Waals surface area contributed by atoms with Crippen molar-refractivity contribution in [2.24, 2.45) is 5.92 Å². The average molecular weight is 545 g/mol. The normalized spacial score (nSPS) is 11.2. The Kier molecular flexibility index (Phi) is 39.4. The predicted molar refractivity (Wildman–Crippen MR) is 142 cm³/mol. The Morgan fingerprint density at radius 3 is 0.865 bits per heavy atom. The fourth-order valence-electron chi connectivity index (χ4n) is 2.39. The zero-order valence-corrected chi connectivity index (χ0v) is 24.2. The molecular formula is C26H56O11. The lowest BCUT2D eigenvalue weighted by Crippen LogP contribution is -2.18. The summed E-state index contributed by atoms with van der Waals surface area (Å²) in [7, 11) is 4.97. The summed E-state index contributed by atoms with van der Waals surface area (Å²) in [5.74, 6) is 0.338. The summed E-state index contributed by atoms with van der Waals surface area (Å²) in [6.07, 6.45) is 1.07. The molecule has 0 aromatic rings. The van der Waals surface area contributed by atoms with Crippen LogP contribution in [0.3, 0.4) is 0 Å². The molecule has 0 N–H and O–H groups in total. The van der Waals surface area contributed by atoms with Gasteiger partial charge < -0.3 is 52.1 Å². The smallest absolute Gasteiger partial charge is 0.0701 e. The lowest BCUT2D eigenvalue weighted by molar-refractivity contribution is -0.0186. The second kappa shape index (κ2) is 37.7. The Morgan fingerprint density at radius 1 is 0.351 bits per heavy atom. The number of hydrogen-bond acceptors (Lipinski definition) is 11. The molecule has 0 aliphatic heterocycles. The number of rotatable bonds is 30. The van der Waals surface area contributed by atoms with Crippen LogP contribution in [0.15, 0.2) is 0 Å². The lowest BCUT2D eigenvalue weighted by atomic mass is 10.2. The zero-order chi connectivity index (χ0) is 27.5. The molecule has 0 saturated carbocycles. The Bertz CT molecular complexity index is 346. The second-order valence-electron chi connectivity index (χ2n) is 7.91. The minimum absolute atomic E-state index is 0.338. The first kappa shape index (κ1) is 38.7. The lowest BCUT2D eigenvalue weighted by Gasteiger charge is -2.13. The molecule has 0 rings (SSSR count). The number of ether oxygens (including phenoxy) is 11. The van der Waals surface area contributed by atoms with Gasteiger partial charge in [-0.05, 0) is 6.42 Å². The standard InChI is InChI=1S/C18H38O8.C8H18O3/c1-18(16-25-14-12-23-10-8-21-6-4-19-2)17-26-15-13-24-11-9-22-7-5-20-3;1-3-4-10-7-8-11-6-5-9-2/h18H,4-17H2,1-3H3;3-8H2,1-2H3. The Balaban J connectivity index is 0. The monoisotopic (exact) mass is 544 g/mol. The van der Waals surface area contributed by atoms with Crippen molar-refractivity contribution in [3.05, 3.63) is 0 Å². The zero-order valence-electron chi connectivity index (χ0n) is 24.2. The van der Waals surface area contributed by atoms with E-state index in [1.54, 1.807) is 21.3 Å². The van der Waals surface area contributed by atoms with E-state index in [2.05, 4.69) is 13.8 Å². The molecule has 0 radical (unpaired) electrons. The van der Waals surface area contributed by atoms with E-state index in [1.807, 2.05) is 0 Å².